The SMILES string of the molecule is O=C1CCC(CC(=O)Nc2nnc(C34CC5CC(CC(C5)C3)C4)s2)CN1. The van der Waals surface area contributed by atoms with Crippen molar-refractivity contribution >= 4 is 28.3 Å². The molecule has 7 heteroatoms. The Hall–Kier alpha value is -1.50. The molecule has 4 aliphatic carbocycles. The van der Waals surface area contributed by atoms with Crippen molar-refractivity contribution in [1.82, 2.24) is 15.5 Å². The number of piperidine rings is 1. The van der Waals surface area contributed by atoms with E-state index in [1.54, 1.807) is 11.3 Å². The fourth-order valence-corrected chi connectivity index (χ4v) is 7.23. The van der Waals surface area contributed by atoms with Gasteiger partial charge in [0.25, 0.3) is 0 Å². The van der Waals surface area contributed by atoms with Gasteiger partial charge >= 0.3 is 0 Å². The van der Waals surface area contributed by atoms with Crippen LogP contribution >= 0.6 is 11.3 Å². The molecule has 6 nitrogen and oxygen atoms in total. The van der Waals surface area contributed by atoms with Gasteiger partial charge in [0.15, 0.2) is 0 Å². The molecule has 2 heterocycles. The second-order valence-electron chi connectivity index (χ2n) is 9.07. The van der Waals surface area contributed by atoms with Crippen LogP contribution in [0.15, 0.2) is 0 Å². The van der Waals surface area contributed by atoms with Crippen molar-refractivity contribution in [3.8, 4) is 0 Å². The van der Waals surface area contributed by atoms with Crippen molar-refractivity contribution in [2.45, 2.75) is 63.2 Å². The lowest BCUT2D eigenvalue weighted by molar-refractivity contribution is -0.124. The van der Waals surface area contributed by atoms with Gasteiger partial charge in [-0.15, -0.1) is 10.2 Å². The summed E-state index contributed by atoms with van der Waals surface area (Å²) in [4.78, 5) is 23.6. The molecule has 2 amide bonds. The maximum absolute atomic E-state index is 12.3. The van der Waals surface area contributed by atoms with Crippen molar-refractivity contribution in [3.05, 3.63) is 5.01 Å². The Morgan fingerprint density at radius 2 is 1.85 bits per heavy atom. The summed E-state index contributed by atoms with van der Waals surface area (Å²) in [6.07, 6.45) is 9.79. The number of nitrogens with one attached hydrogen (secondary N) is 2. The molecular formula is C19H26N4O2S. The van der Waals surface area contributed by atoms with E-state index in [1.165, 1.54) is 38.5 Å². The van der Waals surface area contributed by atoms with Gasteiger partial charge in [-0.05, 0) is 68.6 Å². The predicted octanol–water partition coefficient (Wildman–Crippen LogP) is 2.86. The van der Waals surface area contributed by atoms with Gasteiger partial charge in [-0.25, -0.2) is 0 Å². The molecule has 4 saturated carbocycles. The quantitative estimate of drug-likeness (QED) is 0.849. The topological polar surface area (TPSA) is 84.0 Å². The van der Waals surface area contributed by atoms with Crippen LogP contribution in [0.4, 0.5) is 5.13 Å². The molecule has 1 aromatic rings. The molecule has 6 rings (SSSR count). The summed E-state index contributed by atoms with van der Waals surface area (Å²) in [6.45, 7) is 0.598. The highest BCUT2D eigenvalue weighted by molar-refractivity contribution is 7.15. The van der Waals surface area contributed by atoms with Gasteiger partial charge in [-0.3, -0.25) is 9.59 Å². The average molecular weight is 375 g/mol. The Bertz CT molecular complexity index is 686. The summed E-state index contributed by atoms with van der Waals surface area (Å²) in [5.41, 5.74) is 0.239. The average Bonchev–Trinajstić information content (AvgIpc) is 3.05. The van der Waals surface area contributed by atoms with E-state index < -0.39 is 0 Å². The summed E-state index contributed by atoms with van der Waals surface area (Å²) in [6, 6.07) is 0. The molecule has 1 aliphatic heterocycles. The zero-order chi connectivity index (χ0) is 17.7. The Kier molecular flexibility index (Phi) is 4.03. The fraction of sp³-hybridized carbons (Fsp3) is 0.789. The molecule has 0 spiro atoms. The summed E-state index contributed by atoms with van der Waals surface area (Å²) in [5, 5.41) is 16.4. The Morgan fingerprint density at radius 3 is 2.46 bits per heavy atom. The van der Waals surface area contributed by atoms with Crippen molar-refractivity contribution in [2.24, 2.45) is 23.7 Å². The highest BCUT2D eigenvalue weighted by Crippen LogP contribution is 2.61. The third-order valence-electron chi connectivity index (χ3n) is 7.00. The van der Waals surface area contributed by atoms with Gasteiger partial charge in [0.1, 0.15) is 5.01 Å². The zero-order valence-corrected chi connectivity index (χ0v) is 15.8. The normalized spacial score (nSPS) is 38.2. The van der Waals surface area contributed by atoms with E-state index in [0.29, 0.717) is 24.5 Å². The van der Waals surface area contributed by atoms with Gasteiger partial charge in [0, 0.05) is 24.8 Å². The number of hydrogen-bond donors (Lipinski definition) is 2. The number of hydrogen-bond acceptors (Lipinski definition) is 5. The van der Waals surface area contributed by atoms with E-state index in [-0.39, 0.29) is 23.1 Å². The van der Waals surface area contributed by atoms with Crippen molar-refractivity contribution < 1.29 is 9.59 Å². The smallest absolute Gasteiger partial charge is 0.226 e. The standard InChI is InChI=1S/C19H26N4O2S/c24-15-2-1-11(10-20-15)6-16(25)21-18-23-22-17(26-18)19-7-12-3-13(8-19)5-14(4-12)9-19/h11-14H,1-10H2,(H,20,24)(H,21,23,25). The maximum atomic E-state index is 12.3. The first-order valence-electron chi connectivity index (χ1n) is 9.98. The van der Waals surface area contributed by atoms with Gasteiger partial charge in [-0.1, -0.05) is 11.3 Å². The number of anilines is 1. The second-order valence-corrected chi connectivity index (χ2v) is 10.0. The summed E-state index contributed by atoms with van der Waals surface area (Å²) in [7, 11) is 0. The van der Waals surface area contributed by atoms with Crippen LogP contribution in [0.1, 0.15) is 62.8 Å². The van der Waals surface area contributed by atoms with Crippen molar-refractivity contribution in [3.63, 3.8) is 0 Å². The molecule has 5 fully saturated rings. The minimum atomic E-state index is -0.0145. The molecule has 140 valence electrons. The molecule has 1 saturated heterocycles. The third kappa shape index (κ3) is 3.04. The number of rotatable bonds is 4. The molecule has 5 aliphatic rings. The highest BCUT2D eigenvalue weighted by Gasteiger charge is 2.53. The first kappa shape index (κ1) is 16.7. The van der Waals surface area contributed by atoms with Gasteiger partial charge < -0.3 is 10.6 Å². The van der Waals surface area contributed by atoms with E-state index >= 15 is 0 Å². The summed E-state index contributed by atoms with van der Waals surface area (Å²) in [5.74, 6) is 2.94. The number of nitrogens with zero attached hydrogens (tertiary/aromatic N) is 2. The molecule has 1 aromatic heterocycles. The predicted molar refractivity (Wildman–Crippen MR) is 98.7 cm³/mol. The van der Waals surface area contributed by atoms with Gasteiger partial charge in [0.2, 0.25) is 16.9 Å². The van der Waals surface area contributed by atoms with Crippen LogP contribution in [0, 0.1) is 23.7 Å². The van der Waals surface area contributed by atoms with E-state index in [4.69, 9.17) is 0 Å². The Morgan fingerprint density at radius 1 is 1.15 bits per heavy atom. The Balaban J connectivity index is 1.23. The minimum absolute atomic E-state index is 0.0145. The van der Waals surface area contributed by atoms with Gasteiger partial charge in [0.05, 0.1) is 0 Å². The van der Waals surface area contributed by atoms with Crippen LogP contribution in [-0.2, 0) is 15.0 Å². The molecule has 4 bridgehead atoms. The van der Waals surface area contributed by atoms with Crippen molar-refractivity contribution in [2.75, 3.05) is 11.9 Å². The van der Waals surface area contributed by atoms with E-state index in [1.807, 2.05) is 0 Å². The van der Waals surface area contributed by atoms with E-state index in [2.05, 4.69) is 20.8 Å². The molecular weight excluding hydrogens is 348 g/mol. The van der Waals surface area contributed by atoms with Crippen LogP contribution in [0.3, 0.4) is 0 Å². The van der Waals surface area contributed by atoms with E-state index in [9.17, 15) is 9.59 Å². The molecule has 26 heavy (non-hydrogen) atoms. The van der Waals surface area contributed by atoms with Crippen LogP contribution < -0.4 is 10.6 Å². The first-order chi connectivity index (χ1) is 12.6. The lowest BCUT2D eigenvalue weighted by atomic mass is 9.50. The summed E-state index contributed by atoms with van der Waals surface area (Å²) < 4.78 is 0. The highest BCUT2D eigenvalue weighted by atomic mass is 32.1. The number of amides is 2. The molecule has 1 atom stereocenters. The van der Waals surface area contributed by atoms with Gasteiger partial charge in [-0.2, -0.15) is 0 Å². The molecule has 0 aromatic carbocycles. The third-order valence-corrected chi connectivity index (χ3v) is 8.09. The van der Waals surface area contributed by atoms with Crippen LogP contribution in [0.5, 0.6) is 0 Å². The minimum Gasteiger partial charge on any atom is -0.356 e. The van der Waals surface area contributed by atoms with Crippen LogP contribution in [0.2, 0.25) is 0 Å². The molecule has 0 radical (unpaired) electrons. The lowest BCUT2D eigenvalue weighted by Crippen LogP contribution is -2.48. The maximum Gasteiger partial charge on any atom is 0.226 e. The Labute approximate surface area is 157 Å². The lowest BCUT2D eigenvalue weighted by Gasteiger charge is -2.55. The number of carbonyl (C=O) groups is 2. The fourth-order valence-electron chi connectivity index (χ4n) is 6.25. The van der Waals surface area contributed by atoms with Crippen molar-refractivity contribution in [1.29, 1.82) is 0 Å². The van der Waals surface area contributed by atoms with Crippen LogP contribution in [0.25, 0.3) is 0 Å². The first-order valence-corrected chi connectivity index (χ1v) is 10.8. The molecule has 2 N–H and O–H groups in total. The molecule has 1 unspecified atom stereocenters. The number of carbonyl (C=O) groups excluding carboxylic acids is 2. The second kappa shape index (κ2) is 6.29. The monoisotopic (exact) mass is 374 g/mol. The van der Waals surface area contributed by atoms with Crippen LogP contribution in [-0.4, -0.2) is 28.6 Å². The number of aromatic nitrogens is 2. The zero-order valence-electron chi connectivity index (χ0n) is 15.0. The van der Waals surface area contributed by atoms with E-state index in [0.717, 1.165) is 29.2 Å². The summed E-state index contributed by atoms with van der Waals surface area (Å²) >= 11 is 1.59. The largest absolute Gasteiger partial charge is 0.356 e.